The topological polar surface area (TPSA) is 59.1 Å². The number of alkyl halides is 3. The molecule has 9 heteroatoms. The molecule has 1 heterocycles. The maximum atomic E-state index is 12.4. The molecule has 0 amide bonds. The van der Waals surface area contributed by atoms with E-state index in [2.05, 4.69) is 9.71 Å². The minimum atomic E-state index is -4.51. The Hall–Kier alpha value is -1.36. The van der Waals surface area contributed by atoms with Crippen molar-refractivity contribution >= 4 is 38.4 Å². The fraction of sp³-hybridized carbons (Fsp3) is 0.0833. The van der Waals surface area contributed by atoms with Gasteiger partial charge in [0.15, 0.2) is 0 Å². The van der Waals surface area contributed by atoms with Gasteiger partial charge >= 0.3 is 6.18 Å². The van der Waals surface area contributed by atoms with Gasteiger partial charge in [0.05, 0.1) is 10.5 Å². The highest BCUT2D eigenvalue weighted by Crippen LogP contribution is 2.29. The molecule has 112 valence electrons. The zero-order valence-corrected chi connectivity index (χ0v) is 13.2. The molecule has 0 aliphatic carbocycles. The van der Waals surface area contributed by atoms with Crippen molar-refractivity contribution in [3.05, 3.63) is 51.7 Å². The minimum Gasteiger partial charge on any atom is -0.263 e. The van der Waals surface area contributed by atoms with Crippen molar-refractivity contribution in [3.8, 4) is 0 Å². The molecule has 21 heavy (non-hydrogen) atoms. The Morgan fingerprint density at radius 2 is 1.67 bits per heavy atom. The van der Waals surface area contributed by atoms with Crippen LogP contribution >= 0.6 is 22.6 Å². The molecular formula is C12H8F3IN2O2S. The van der Waals surface area contributed by atoms with Crippen LogP contribution in [0.15, 0.2) is 47.5 Å². The zero-order chi connectivity index (χ0) is 15.7. The van der Waals surface area contributed by atoms with Crippen molar-refractivity contribution in [2.75, 3.05) is 4.72 Å². The highest BCUT2D eigenvalue weighted by molar-refractivity contribution is 14.1. The Morgan fingerprint density at radius 1 is 1.05 bits per heavy atom. The summed E-state index contributed by atoms with van der Waals surface area (Å²) in [6.07, 6.45) is -3.94. The first-order valence-electron chi connectivity index (χ1n) is 5.50. The van der Waals surface area contributed by atoms with Crippen molar-refractivity contribution in [1.82, 2.24) is 4.98 Å². The van der Waals surface area contributed by atoms with Crippen LogP contribution in [0.5, 0.6) is 0 Å². The van der Waals surface area contributed by atoms with Crippen LogP contribution in [0.25, 0.3) is 0 Å². The summed E-state index contributed by atoms with van der Waals surface area (Å²) in [5.41, 5.74) is -0.945. The predicted molar refractivity (Wildman–Crippen MR) is 79.2 cm³/mol. The Balaban J connectivity index is 2.23. The van der Waals surface area contributed by atoms with E-state index in [0.717, 1.165) is 15.7 Å². The van der Waals surface area contributed by atoms with Gasteiger partial charge in [0, 0.05) is 9.77 Å². The normalized spacial score (nSPS) is 12.2. The molecule has 0 saturated heterocycles. The second kappa shape index (κ2) is 5.79. The molecular weight excluding hydrogens is 420 g/mol. The third-order valence-corrected chi connectivity index (χ3v) is 4.54. The monoisotopic (exact) mass is 428 g/mol. The van der Waals surface area contributed by atoms with Crippen LogP contribution < -0.4 is 4.72 Å². The number of sulfonamides is 1. The van der Waals surface area contributed by atoms with E-state index in [0.29, 0.717) is 6.20 Å². The van der Waals surface area contributed by atoms with E-state index >= 15 is 0 Å². The molecule has 1 aromatic heterocycles. The van der Waals surface area contributed by atoms with Gasteiger partial charge in [-0.2, -0.15) is 13.2 Å². The summed E-state index contributed by atoms with van der Waals surface area (Å²) in [4.78, 5) is 3.47. The lowest BCUT2D eigenvalue weighted by Crippen LogP contribution is -2.14. The van der Waals surface area contributed by atoms with E-state index < -0.39 is 21.8 Å². The maximum Gasteiger partial charge on any atom is 0.417 e. The summed E-state index contributed by atoms with van der Waals surface area (Å²) in [5.74, 6) is -0.179. The smallest absolute Gasteiger partial charge is 0.263 e. The molecule has 0 aliphatic heterocycles. The summed E-state index contributed by atoms with van der Waals surface area (Å²) >= 11 is 2.03. The molecule has 0 saturated carbocycles. The Morgan fingerprint density at radius 3 is 2.14 bits per heavy atom. The first-order chi connectivity index (χ1) is 9.68. The number of nitrogens with one attached hydrogen (secondary N) is 1. The molecule has 4 nitrogen and oxygen atoms in total. The van der Waals surface area contributed by atoms with E-state index in [4.69, 9.17) is 0 Å². The van der Waals surface area contributed by atoms with Gasteiger partial charge in [-0.3, -0.25) is 4.72 Å². The van der Waals surface area contributed by atoms with E-state index in [9.17, 15) is 21.6 Å². The largest absolute Gasteiger partial charge is 0.417 e. The average molecular weight is 428 g/mol. The molecule has 1 aromatic carbocycles. The van der Waals surface area contributed by atoms with Gasteiger partial charge in [-0.1, -0.05) is 0 Å². The molecule has 0 aliphatic rings. The Kier molecular flexibility index (Phi) is 4.42. The van der Waals surface area contributed by atoms with Crippen LogP contribution in [0.3, 0.4) is 0 Å². The number of halogens is 4. The highest BCUT2D eigenvalue weighted by Gasteiger charge is 2.30. The number of benzene rings is 1. The van der Waals surface area contributed by atoms with E-state index in [1.807, 2.05) is 22.6 Å². The minimum absolute atomic E-state index is 0.00427. The predicted octanol–water partition coefficient (Wildman–Crippen LogP) is 3.51. The summed E-state index contributed by atoms with van der Waals surface area (Å²) in [6.45, 7) is 0. The third-order valence-electron chi connectivity index (χ3n) is 2.45. The van der Waals surface area contributed by atoms with Crippen LogP contribution in [-0.2, 0) is 16.2 Å². The number of rotatable bonds is 3. The van der Waals surface area contributed by atoms with Gasteiger partial charge in [-0.15, -0.1) is 0 Å². The molecule has 0 radical (unpaired) electrons. The lowest BCUT2D eigenvalue weighted by atomic mass is 10.3. The van der Waals surface area contributed by atoms with Crippen LogP contribution in [0.1, 0.15) is 5.56 Å². The Bertz CT molecular complexity index is 729. The second-order valence-corrected chi connectivity index (χ2v) is 6.92. The van der Waals surface area contributed by atoms with Crippen molar-refractivity contribution in [3.63, 3.8) is 0 Å². The van der Waals surface area contributed by atoms with Gasteiger partial charge in [-0.25, -0.2) is 13.4 Å². The van der Waals surface area contributed by atoms with E-state index in [1.165, 1.54) is 12.1 Å². The van der Waals surface area contributed by atoms with Crippen molar-refractivity contribution in [1.29, 1.82) is 0 Å². The van der Waals surface area contributed by atoms with Crippen LogP contribution in [0.4, 0.5) is 19.0 Å². The summed E-state index contributed by atoms with van der Waals surface area (Å²) in [7, 11) is -3.88. The van der Waals surface area contributed by atoms with Crippen molar-refractivity contribution in [2.24, 2.45) is 0 Å². The molecule has 0 unspecified atom stereocenters. The quantitative estimate of drug-likeness (QED) is 0.762. The fourth-order valence-electron chi connectivity index (χ4n) is 1.43. The third kappa shape index (κ3) is 4.06. The van der Waals surface area contributed by atoms with Gasteiger partial charge in [0.25, 0.3) is 10.0 Å². The summed E-state index contributed by atoms with van der Waals surface area (Å²) in [5, 5.41) is 0. The highest BCUT2D eigenvalue weighted by atomic mass is 127. The molecule has 0 spiro atoms. The van der Waals surface area contributed by atoms with E-state index in [-0.39, 0.29) is 10.7 Å². The van der Waals surface area contributed by atoms with Gasteiger partial charge in [0.1, 0.15) is 5.82 Å². The van der Waals surface area contributed by atoms with Gasteiger partial charge < -0.3 is 0 Å². The molecule has 2 aromatic rings. The molecule has 0 bridgehead atoms. The number of aromatic nitrogens is 1. The van der Waals surface area contributed by atoms with Crippen LogP contribution in [0.2, 0.25) is 0 Å². The average Bonchev–Trinajstić information content (AvgIpc) is 2.38. The number of pyridine rings is 1. The molecule has 0 atom stereocenters. The lowest BCUT2D eigenvalue weighted by Gasteiger charge is -2.09. The molecule has 0 fully saturated rings. The van der Waals surface area contributed by atoms with Gasteiger partial charge in [0.2, 0.25) is 0 Å². The number of nitrogens with zero attached hydrogens (tertiary/aromatic N) is 1. The zero-order valence-electron chi connectivity index (χ0n) is 10.2. The standard InChI is InChI=1S/C12H8F3IN2O2S/c13-12(14,15)8-1-6-11(17-7-8)18-21(19,20)10-4-2-9(16)3-5-10/h1-7H,(H,17,18). The molecule has 1 N–H and O–H groups in total. The van der Waals surface area contributed by atoms with Crippen molar-refractivity contribution < 1.29 is 21.6 Å². The van der Waals surface area contributed by atoms with Crippen molar-refractivity contribution in [2.45, 2.75) is 11.1 Å². The summed E-state index contributed by atoms with van der Waals surface area (Å²) in [6, 6.07) is 7.73. The fourth-order valence-corrected chi connectivity index (χ4v) is 2.80. The number of anilines is 1. The second-order valence-electron chi connectivity index (χ2n) is 3.99. The number of hydrogen-bond donors (Lipinski definition) is 1. The molecule has 2 rings (SSSR count). The number of hydrogen-bond acceptors (Lipinski definition) is 3. The lowest BCUT2D eigenvalue weighted by molar-refractivity contribution is -0.137. The SMILES string of the molecule is O=S(=O)(Nc1ccc(C(F)(F)F)cn1)c1ccc(I)cc1. The Labute approximate surface area is 132 Å². The maximum absolute atomic E-state index is 12.4. The van der Waals surface area contributed by atoms with Crippen LogP contribution in [0, 0.1) is 3.57 Å². The first kappa shape index (κ1) is 16.0. The first-order valence-corrected chi connectivity index (χ1v) is 8.06. The van der Waals surface area contributed by atoms with Gasteiger partial charge in [-0.05, 0) is 59.0 Å². The summed E-state index contributed by atoms with van der Waals surface area (Å²) < 4.78 is 64.2. The van der Waals surface area contributed by atoms with Crippen LogP contribution in [-0.4, -0.2) is 13.4 Å². The van der Waals surface area contributed by atoms with E-state index in [1.54, 1.807) is 12.1 Å².